The van der Waals surface area contributed by atoms with Gasteiger partial charge in [-0.3, -0.25) is 19.1 Å². The summed E-state index contributed by atoms with van der Waals surface area (Å²) in [5.41, 5.74) is -0.174. The molecule has 0 radical (unpaired) electrons. The average molecular weight is 358 g/mol. The Labute approximate surface area is 148 Å². The van der Waals surface area contributed by atoms with Gasteiger partial charge in [-0.05, 0) is 12.0 Å². The summed E-state index contributed by atoms with van der Waals surface area (Å²) in [7, 11) is 0. The predicted molar refractivity (Wildman–Crippen MR) is 89.3 cm³/mol. The molecule has 0 unspecified atom stereocenters. The molecule has 2 aliphatic heterocycles. The summed E-state index contributed by atoms with van der Waals surface area (Å²) in [6.07, 6.45) is -0.373. The van der Waals surface area contributed by atoms with E-state index in [1.165, 1.54) is 16.8 Å². The maximum absolute atomic E-state index is 12.5. The molecule has 136 valence electrons. The number of nitrogens with zero attached hydrogens (tertiary/aromatic N) is 1. The topological polar surface area (TPSA) is 111 Å². The minimum absolute atomic E-state index is 0.332. The molecule has 1 aromatic carbocycles. The lowest BCUT2D eigenvalue weighted by molar-refractivity contribution is -0.151. The zero-order chi connectivity index (χ0) is 18.3. The molecule has 0 saturated carbocycles. The van der Waals surface area contributed by atoms with Crippen molar-refractivity contribution in [2.45, 2.75) is 24.9 Å². The van der Waals surface area contributed by atoms with E-state index in [2.05, 4.69) is 4.98 Å². The lowest BCUT2D eigenvalue weighted by Crippen LogP contribution is -2.36. The number of aromatic amines is 1. The highest BCUT2D eigenvalue weighted by Gasteiger charge is 2.58. The largest absolute Gasteiger partial charge is 0.459 e. The van der Waals surface area contributed by atoms with Crippen molar-refractivity contribution in [2.75, 3.05) is 6.61 Å². The molecule has 8 nitrogen and oxygen atoms in total. The number of hydrogen-bond donors (Lipinski definition) is 2. The molecule has 3 heterocycles. The molecule has 2 fully saturated rings. The molecule has 0 amide bonds. The van der Waals surface area contributed by atoms with Crippen molar-refractivity contribution in [3.8, 4) is 0 Å². The van der Waals surface area contributed by atoms with Crippen LogP contribution in [-0.4, -0.2) is 39.4 Å². The van der Waals surface area contributed by atoms with Crippen molar-refractivity contribution in [2.24, 2.45) is 11.8 Å². The average Bonchev–Trinajstić information content (AvgIpc) is 3.13. The highest BCUT2D eigenvalue weighted by Crippen LogP contribution is 2.46. The van der Waals surface area contributed by atoms with Crippen molar-refractivity contribution in [3.05, 3.63) is 69.0 Å². The molecule has 0 aliphatic carbocycles. The zero-order valence-corrected chi connectivity index (χ0v) is 13.8. The fourth-order valence-corrected chi connectivity index (χ4v) is 3.83. The van der Waals surface area contributed by atoms with E-state index in [4.69, 9.17) is 9.47 Å². The normalized spacial score (nSPS) is 30.2. The van der Waals surface area contributed by atoms with Crippen molar-refractivity contribution in [3.63, 3.8) is 0 Å². The van der Waals surface area contributed by atoms with E-state index in [1.807, 2.05) is 30.3 Å². The van der Waals surface area contributed by atoms with Crippen LogP contribution < -0.4 is 11.2 Å². The number of aliphatic hydroxyl groups is 1. The second-order valence-electron chi connectivity index (χ2n) is 6.54. The summed E-state index contributed by atoms with van der Waals surface area (Å²) in [6.45, 7) is -0.332. The van der Waals surface area contributed by atoms with Crippen LogP contribution in [0.25, 0.3) is 0 Å². The number of hydrogen-bond acceptors (Lipinski definition) is 6. The third-order valence-electron chi connectivity index (χ3n) is 5.01. The summed E-state index contributed by atoms with van der Waals surface area (Å²) >= 11 is 0. The third-order valence-corrected chi connectivity index (χ3v) is 5.01. The molecule has 1 aromatic heterocycles. The number of aromatic nitrogens is 2. The van der Waals surface area contributed by atoms with Gasteiger partial charge in [0.25, 0.3) is 5.56 Å². The van der Waals surface area contributed by atoms with E-state index in [-0.39, 0.29) is 12.6 Å². The van der Waals surface area contributed by atoms with Gasteiger partial charge < -0.3 is 14.6 Å². The monoisotopic (exact) mass is 358 g/mol. The number of carbonyl (C=O) groups is 1. The first-order valence-electron chi connectivity index (χ1n) is 8.40. The molecule has 0 bridgehead atoms. The molecule has 2 aromatic rings. The Bertz CT molecular complexity index is 921. The van der Waals surface area contributed by atoms with Crippen molar-refractivity contribution in [1.29, 1.82) is 0 Å². The number of fused-ring (bicyclic) bond motifs is 1. The Morgan fingerprint density at radius 3 is 2.58 bits per heavy atom. The van der Waals surface area contributed by atoms with Gasteiger partial charge in [0.05, 0.1) is 18.4 Å². The number of rotatable bonds is 4. The fourth-order valence-electron chi connectivity index (χ4n) is 3.83. The van der Waals surface area contributed by atoms with E-state index < -0.39 is 41.5 Å². The van der Waals surface area contributed by atoms with Gasteiger partial charge in [-0.1, -0.05) is 30.3 Å². The first kappa shape index (κ1) is 16.7. The summed E-state index contributed by atoms with van der Waals surface area (Å²) in [4.78, 5) is 38.2. The number of nitrogens with one attached hydrogen (secondary N) is 1. The lowest BCUT2D eigenvalue weighted by Gasteiger charge is -2.22. The quantitative estimate of drug-likeness (QED) is 0.734. The Balaban J connectivity index is 1.71. The summed E-state index contributed by atoms with van der Waals surface area (Å²) in [5, 5.41) is 9.59. The van der Waals surface area contributed by atoms with Gasteiger partial charge in [-0.25, -0.2) is 4.79 Å². The molecule has 2 saturated heterocycles. The second-order valence-corrected chi connectivity index (χ2v) is 6.54. The molecule has 5 atom stereocenters. The van der Waals surface area contributed by atoms with Crippen LogP contribution in [0.1, 0.15) is 11.8 Å². The number of carbonyl (C=O) groups excluding carboxylic acids is 1. The van der Waals surface area contributed by atoms with E-state index in [0.29, 0.717) is 6.42 Å². The number of H-pyrrole nitrogens is 1. The highest BCUT2D eigenvalue weighted by atomic mass is 16.6. The van der Waals surface area contributed by atoms with Crippen molar-refractivity contribution >= 4 is 5.97 Å². The second kappa shape index (κ2) is 6.54. The Kier molecular flexibility index (Phi) is 4.21. The van der Waals surface area contributed by atoms with Gasteiger partial charge >= 0.3 is 11.7 Å². The van der Waals surface area contributed by atoms with E-state index >= 15 is 0 Å². The number of esters is 1. The standard InChI is InChI=1S/C18H18N2O6/c21-9-12-15-14(16(25-12)20-7-6-13(22)19-18(20)24)11(17(23)26-15)8-10-4-2-1-3-5-10/h1-7,11-12,14-16,21H,8-9H2,(H,19,22,24)/t11-,12-,14-,15-,16-/m1/s1. The third kappa shape index (κ3) is 2.77. The Morgan fingerprint density at radius 1 is 1.12 bits per heavy atom. The van der Waals surface area contributed by atoms with Crippen LogP contribution in [0.15, 0.2) is 52.2 Å². The maximum atomic E-state index is 12.5. The smallest absolute Gasteiger partial charge is 0.330 e. The molecular weight excluding hydrogens is 340 g/mol. The van der Waals surface area contributed by atoms with Gasteiger partial charge in [-0.2, -0.15) is 0 Å². The highest BCUT2D eigenvalue weighted by molar-refractivity contribution is 5.76. The van der Waals surface area contributed by atoms with Gasteiger partial charge in [0.2, 0.25) is 0 Å². The molecule has 26 heavy (non-hydrogen) atoms. The minimum Gasteiger partial charge on any atom is -0.459 e. The van der Waals surface area contributed by atoms with Crippen LogP contribution >= 0.6 is 0 Å². The van der Waals surface area contributed by atoms with Crippen LogP contribution in [0.5, 0.6) is 0 Å². The number of benzene rings is 1. The first-order chi connectivity index (χ1) is 12.6. The SMILES string of the molecule is O=C1O[C@H]2[C@H]([C@H](n3ccc(=O)[nH]c3=O)O[C@@H]2CO)[C@H]1Cc1ccccc1. The summed E-state index contributed by atoms with van der Waals surface area (Å²) < 4.78 is 12.5. The van der Waals surface area contributed by atoms with Gasteiger partial charge in [0, 0.05) is 12.3 Å². The molecule has 2 N–H and O–H groups in total. The summed E-state index contributed by atoms with van der Waals surface area (Å²) in [6, 6.07) is 10.7. The van der Waals surface area contributed by atoms with Gasteiger partial charge in [0.15, 0.2) is 0 Å². The van der Waals surface area contributed by atoms with Crippen LogP contribution in [-0.2, 0) is 20.7 Å². The van der Waals surface area contributed by atoms with Crippen LogP contribution in [0, 0.1) is 11.8 Å². The van der Waals surface area contributed by atoms with Crippen LogP contribution in [0.2, 0.25) is 0 Å². The maximum Gasteiger partial charge on any atom is 0.330 e. The minimum atomic E-state index is -0.804. The van der Waals surface area contributed by atoms with E-state index in [0.717, 1.165) is 5.56 Å². The number of aliphatic hydroxyl groups excluding tert-OH is 1. The van der Waals surface area contributed by atoms with Crippen molar-refractivity contribution < 1.29 is 19.4 Å². The van der Waals surface area contributed by atoms with E-state index in [9.17, 15) is 19.5 Å². The Morgan fingerprint density at radius 2 is 1.88 bits per heavy atom. The fraction of sp³-hybridized carbons (Fsp3) is 0.389. The molecule has 8 heteroatoms. The first-order valence-corrected chi connectivity index (χ1v) is 8.40. The van der Waals surface area contributed by atoms with Gasteiger partial charge in [-0.15, -0.1) is 0 Å². The number of ether oxygens (including phenoxy) is 2. The molecule has 2 aliphatic rings. The van der Waals surface area contributed by atoms with Crippen LogP contribution in [0.4, 0.5) is 0 Å². The lowest BCUT2D eigenvalue weighted by atomic mass is 9.84. The molecule has 4 rings (SSSR count). The van der Waals surface area contributed by atoms with Crippen molar-refractivity contribution in [1.82, 2.24) is 9.55 Å². The van der Waals surface area contributed by atoms with Gasteiger partial charge in [0.1, 0.15) is 18.4 Å². The molecular formula is C18H18N2O6. The summed E-state index contributed by atoms with van der Waals surface area (Å²) in [5.74, 6) is -1.32. The predicted octanol–water partition coefficient (Wildman–Crippen LogP) is -0.173. The Hall–Kier alpha value is -2.71. The zero-order valence-electron chi connectivity index (χ0n) is 13.8. The molecule has 0 spiro atoms. The van der Waals surface area contributed by atoms with Crippen LogP contribution in [0.3, 0.4) is 0 Å². The van der Waals surface area contributed by atoms with E-state index in [1.54, 1.807) is 0 Å².